The summed E-state index contributed by atoms with van der Waals surface area (Å²) in [5.74, 6) is -1.37. The third-order valence-corrected chi connectivity index (χ3v) is 3.94. The van der Waals surface area contributed by atoms with Crippen molar-refractivity contribution in [3.05, 3.63) is 35.4 Å². The zero-order chi connectivity index (χ0) is 17.2. The van der Waals surface area contributed by atoms with E-state index in [0.29, 0.717) is 11.4 Å². The third-order valence-electron chi connectivity index (χ3n) is 2.63. The highest BCUT2D eigenvalue weighted by Gasteiger charge is 2.21. The predicted molar refractivity (Wildman–Crippen MR) is 78.6 cm³/mol. The highest BCUT2D eigenvalue weighted by atomic mass is 32.2. The van der Waals surface area contributed by atoms with E-state index in [-0.39, 0.29) is 16.5 Å². The Balaban J connectivity index is 2.13. The van der Waals surface area contributed by atoms with Crippen LogP contribution in [0.3, 0.4) is 0 Å². The molecule has 2 heterocycles. The lowest BCUT2D eigenvalue weighted by Gasteiger charge is -2.07. The number of sulfonamides is 1. The molecular weight excluding hydrogens is 326 g/mol. The summed E-state index contributed by atoms with van der Waals surface area (Å²) in [7, 11) is -4.22. The second-order valence-corrected chi connectivity index (χ2v) is 6.27. The Hall–Kier alpha value is -2.95. The summed E-state index contributed by atoms with van der Waals surface area (Å²) in [4.78, 5) is 32.3. The number of rotatable bonds is 4. The number of aryl methyl sites for hydroxylation is 2. The van der Waals surface area contributed by atoms with Crippen LogP contribution in [0, 0.1) is 13.8 Å². The number of aromatic carboxylic acids is 1. The molecule has 0 fully saturated rings. The Morgan fingerprint density at radius 2 is 1.78 bits per heavy atom. The zero-order valence-corrected chi connectivity index (χ0v) is 12.9. The van der Waals surface area contributed by atoms with E-state index in [1.54, 1.807) is 24.6 Å². The first-order chi connectivity index (χ1) is 10.7. The first-order valence-electron chi connectivity index (χ1n) is 6.25. The van der Waals surface area contributed by atoms with E-state index < -0.39 is 22.0 Å². The molecule has 0 aliphatic carbocycles. The summed E-state index contributed by atoms with van der Waals surface area (Å²) >= 11 is 0. The van der Waals surface area contributed by atoms with Crippen molar-refractivity contribution in [3.8, 4) is 0 Å². The molecule has 122 valence electrons. The number of urea groups is 1. The van der Waals surface area contributed by atoms with Gasteiger partial charge < -0.3 is 10.1 Å². The number of amides is 2. The molecule has 23 heavy (non-hydrogen) atoms. The fourth-order valence-corrected chi connectivity index (χ4v) is 2.64. The van der Waals surface area contributed by atoms with Crippen molar-refractivity contribution in [2.45, 2.75) is 18.7 Å². The molecule has 2 rings (SSSR count). The number of carbonyl (C=O) groups is 2. The maximum Gasteiger partial charge on any atom is 0.352 e. The third kappa shape index (κ3) is 4.03. The number of carboxylic acid groups (broad SMARTS) is 1. The van der Waals surface area contributed by atoms with Crippen molar-refractivity contribution < 1.29 is 23.1 Å². The smallest absolute Gasteiger partial charge is 0.352 e. The maximum absolute atomic E-state index is 12.0. The quantitative estimate of drug-likeness (QED) is 0.637. The van der Waals surface area contributed by atoms with Gasteiger partial charge in [-0.3, -0.25) is 5.32 Å². The van der Waals surface area contributed by atoms with Crippen molar-refractivity contribution in [2.24, 2.45) is 0 Å². The van der Waals surface area contributed by atoms with Crippen LogP contribution in [-0.2, 0) is 10.0 Å². The van der Waals surface area contributed by atoms with E-state index in [4.69, 9.17) is 5.11 Å². The molecule has 0 radical (unpaired) electrons. The highest BCUT2D eigenvalue weighted by molar-refractivity contribution is 7.90. The van der Waals surface area contributed by atoms with Gasteiger partial charge in [0.05, 0.1) is 0 Å². The van der Waals surface area contributed by atoms with Gasteiger partial charge in [0.15, 0.2) is 0 Å². The van der Waals surface area contributed by atoms with Gasteiger partial charge in [0, 0.05) is 17.6 Å². The first-order valence-corrected chi connectivity index (χ1v) is 7.73. The first kappa shape index (κ1) is 16.4. The van der Waals surface area contributed by atoms with E-state index in [2.05, 4.69) is 20.3 Å². The molecule has 0 bridgehead atoms. The molecule has 0 aliphatic rings. The van der Waals surface area contributed by atoms with Gasteiger partial charge in [-0.1, -0.05) is 0 Å². The van der Waals surface area contributed by atoms with E-state index in [1.807, 2.05) is 0 Å². The van der Waals surface area contributed by atoms with Crippen LogP contribution >= 0.6 is 0 Å². The van der Waals surface area contributed by atoms with Crippen LogP contribution in [0.15, 0.2) is 23.2 Å². The van der Waals surface area contributed by atoms with Gasteiger partial charge >= 0.3 is 12.0 Å². The molecule has 0 aromatic carbocycles. The second-order valence-electron chi connectivity index (χ2n) is 4.59. The Morgan fingerprint density at radius 3 is 2.30 bits per heavy atom. The molecule has 2 aromatic rings. The van der Waals surface area contributed by atoms with Crippen molar-refractivity contribution in [3.63, 3.8) is 0 Å². The van der Waals surface area contributed by atoms with Gasteiger partial charge in [-0.15, -0.1) is 0 Å². The van der Waals surface area contributed by atoms with Gasteiger partial charge in [-0.2, -0.15) is 0 Å². The second kappa shape index (κ2) is 6.04. The van der Waals surface area contributed by atoms with Gasteiger partial charge in [-0.05, 0) is 26.0 Å². The van der Waals surface area contributed by atoms with Crippen molar-refractivity contribution in [2.75, 3.05) is 5.32 Å². The summed E-state index contributed by atoms with van der Waals surface area (Å²) in [5, 5.41) is 11.0. The zero-order valence-electron chi connectivity index (χ0n) is 12.1. The lowest BCUT2D eigenvalue weighted by molar-refractivity contribution is 0.0691. The Labute approximate surface area is 131 Å². The molecule has 4 N–H and O–H groups in total. The van der Waals surface area contributed by atoms with Gasteiger partial charge in [0.25, 0.3) is 10.0 Å². The minimum atomic E-state index is -4.22. The topological polar surface area (TPSA) is 154 Å². The number of aromatic amines is 1. The monoisotopic (exact) mass is 339 g/mol. The molecular formula is C12H13N5O5S. The molecule has 10 nitrogen and oxygen atoms in total. The van der Waals surface area contributed by atoms with E-state index in [9.17, 15) is 18.0 Å². The lowest BCUT2D eigenvalue weighted by Crippen LogP contribution is -2.34. The van der Waals surface area contributed by atoms with Crippen LogP contribution in [0.1, 0.15) is 21.9 Å². The fraction of sp³-hybridized carbons (Fsp3) is 0.167. The number of nitrogens with zero attached hydrogens (tertiary/aromatic N) is 2. The average molecular weight is 339 g/mol. The summed E-state index contributed by atoms with van der Waals surface area (Å²) in [5.41, 5.74) is 0.892. The number of H-pyrrole nitrogens is 1. The number of hydrogen-bond acceptors (Lipinski definition) is 6. The SMILES string of the molecule is Cc1cc(C)nc(NC(=O)NS(=O)(=O)c2c[nH]c(C(=O)O)c2)n1. The number of carbonyl (C=O) groups excluding carboxylic acids is 1. The Bertz CT molecular complexity index is 853. The number of carboxylic acids is 1. The van der Waals surface area contributed by atoms with Crippen LogP contribution in [-0.4, -0.2) is 40.5 Å². The van der Waals surface area contributed by atoms with Gasteiger partial charge in [0.1, 0.15) is 10.6 Å². The molecule has 0 unspecified atom stereocenters. The molecule has 0 saturated carbocycles. The number of hydrogen-bond donors (Lipinski definition) is 4. The minimum absolute atomic E-state index is 0.0458. The molecule has 2 aromatic heterocycles. The van der Waals surface area contributed by atoms with Gasteiger partial charge in [0.2, 0.25) is 5.95 Å². The number of anilines is 1. The number of nitrogens with one attached hydrogen (secondary N) is 3. The molecule has 2 amide bonds. The molecule has 0 saturated heterocycles. The predicted octanol–water partition coefficient (Wildman–Crippen LogP) is 0.630. The molecule has 0 atom stereocenters. The van der Waals surface area contributed by atoms with Crippen LogP contribution in [0.2, 0.25) is 0 Å². The summed E-state index contributed by atoms with van der Waals surface area (Å²) in [6, 6.07) is 1.52. The Kier molecular flexibility index (Phi) is 4.31. The Morgan fingerprint density at radius 1 is 1.17 bits per heavy atom. The van der Waals surface area contributed by atoms with Crippen molar-refractivity contribution >= 4 is 28.0 Å². The van der Waals surface area contributed by atoms with E-state index in [1.165, 1.54) is 0 Å². The fourth-order valence-electron chi connectivity index (χ4n) is 1.74. The van der Waals surface area contributed by atoms with Crippen LogP contribution in [0.5, 0.6) is 0 Å². The summed E-state index contributed by atoms with van der Waals surface area (Å²) in [6.07, 6.45) is 0.965. The van der Waals surface area contributed by atoms with Crippen molar-refractivity contribution in [1.82, 2.24) is 19.7 Å². The normalized spacial score (nSPS) is 11.0. The van der Waals surface area contributed by atoms with Crippen LogP contribution < -0.4 is 10.0 Å². The number of aromatic nitrogens is 3. The van der Waals surface area contributed by atoms with Crippen molar-refractivity contribution in [1.29, 1.82) is 0 Å². The van der Waals surface area contributed by atoms with Crippen LogP contribution in [0.25, 0.3) is 0 Å². The van der Waals surface area contributed by atoms with Crippen LogP contribution in [0.4, 0.5) is 10.7 Å². The minimum Gasteiger partial charge on any atom is -0.477 e. The van der Waals surface area contributed by atoms with Gasteiger partial charge in [-0.25, -0.2) is 32.7 Å². The standard InChI is InChI=1S/C12H13N5O5S/c1-6-3-7(2)15-11(14-6)16-12(20)17-23(21,22)8-4-9(10(18)19)13-5-8/h3-5,13H,1-2H3,(H,18,19)(H2,14,15,16,17,20). The highest BCUT2D eigenvalue weighted by Crippen LogP contribution is 2.11. The maximum atomic E-state index is 12.0. The summed E-state index contributed by atoms with van der Waals surface area (Å²) in [6.45, 7) is 3.39. The van der Waals surface area contributed by atoms with E-state index in [0.717, 1.165) is 12.3 Å². The summed E-state index contributed by atoms with van der Waals surface area (Å²) < 4.78 is 25.7. The largest absolute Gasteiger partial charge is 0.477 e. The molecule has 0 aliphatic heterocycles. The average Bonchev–Trinajstić information content (AvgIpc) is 2.86. The molecule has 0 spiro atoms. The lowest BCUT2D eigenvalue weighted by atomic mass is 10.4. The van der Waals surface area contributed by atoms with E-state index >= 15 is 0 Å². The molecule has 11 heteroatoms.